The maximum Gasteiger partial charge on any atom is 0.326 e. The number of H-pyrrole nitrogens is 1. The van der Waals surface area contributed by atoms with Gasteiger partial charge in [-0.25, -0.2) is 19.0 Å². The van der Waals surface area contributed by atoms with Crippen molar-refractivity contribution in [1.29, 1.82) is 0 Å². The molecule has 0 spiro atoms. The van der Waals surface area contributed by atoms with Gasteiger partial charge in [0.05, 0.1) is 6.33 Å². The van der Waals surface area contributed by atoms with Crippen LogP contribution in [0.3, 0.4) is 0 Å². The molecule has 0 saturated heterocycles. The third-order valence-corrected chi connectivity index (χ3v) is 2.68. The molecule has 0 aliphatic carbocycles. The molecule has 4 N–H and O–H groups in total. The summed E-state index contributed by atoms with van der Waals surface area (Å²) in [6, 6.07) is 3.34. The van der Waals surface area contributed by atoms with Crippen LogP contribution in [0.1, 0.15) is 5.69 Å². The summed E-state index contributed by atoms with van der Waals surface area (Å²) in [5.74, 6) is -1.59. The fraction of sp³-hybridized carbons (Fsp3) is 0.154. The van der Waals surface area contributed by atoms with E-state index in [4.69, 9.17) is 5.11 Å². The van der Waals surface area contributed by atoms with E-state index in [1.54, 1.807) is 0 Å². The van der Waals surface area contributed by atoms with Gasteiger partial charge in [0.2, 0.25) is 0 Å². The molecule has 1 unspecified atom stereocenters. The number of rotatable bonds is 5. The van der Waals surface area contributed by atoms with E-state index in [0.29, 0.717) is 11.4 Å². The number of aromatic nitrogens is 2. The molecule has 0 aliphatic rings. The number of carbonyl (C=O) groups excluding carboxylic acids is 1. The number of imidazole rings is 1. The normalized spacial score (nSPS) is 11.7. The molecule has 110 valence electrons. The maximum atomic E-state index is 12.7. The van der Waals surface area contributed by atoms with Crippen LogP contribution in [0.15, 0.2) is 36.8 Å². The van der Waals surface area contributed by atoms with Crippen LogP contribution in [0.4, 0.5) is 14.9 Å². The Labute approximate surface area is 119 Å². The molecule has 8 heteroatoms. The Morgan fingerprint density at radius 1 is 1.33 bits per heavy atom. The van der Waals surface area contributed by atoms with E-state index in [1.807, 2.05) is 0 Å². The lowest BCUT2D eigenvalue weighted by Gasteiger charge is -2.14. The summed E-state index contributed by atoms with van der Waals surface area (Å²) in [5, 5.41) is 13.9. The van der Waals surface area contributed by atoms with Gasteiger partial charge in [-0.05, 0) is 24.3 Å². The predicted molar refractivity (Wildman–Crippen MR) is 72.3 cm³/mol. The predicted octanol–water partition coefficient (Wildman–Crippen LogP) is 1.37. The molecule has 2 amide bonds. The number of carboxylic acids is 1. The Balaban J connectivity index is 1.95. The Morgan fingerprint density at radius 2 is 2.05 bits per heavy atom. The summed E-state index contributed by atoms with van der Waals surface area (Å²) >= 11 is 0. The van der Waals surface area contributed by atoms with Crippen molar-refractivity contribution in [3.8, 4) is 0 Å². The van der Waals surface area contributed by atoms with Gasteiger partial charge in [0.15, 0.2) is 0 Å². The van der Waals surface area contributed by atoms with E-state index >= 15 is 0 Å². The van der Waals surface area contributed by atoms with Crippen molar-refractivity contribution in [2.45, 2.75) is 12.5 Å². The second kappa shape index (κ2) is 6.51. The minimum absolute atomic E-state index is 0.0756. The highest BCUT2D eigenvalue weighted by atomic mass is 19.1. The molecule has 7 nitrogen and oxygen atoms in total. The number of halogens is 1. The fourth-order valence-corrected chi connectivity index (χ4v) is 1.67. The third kappa shape index (κ3) is 4.30. The van der Waals surface area contributed by atoms with Crippen molar-refractivity contribution >= 4 is 17.7 Å². The van der Waals surface area contributed by atoms with Crippen LogP contribution in [0.5, 0.6) is 0 Å². The van der Waals surface area contributed by atoms with Gasteiger partial charge >= 0.3 is 12.0 Å². The summed E-state index contributed by atoms with van der Waals surface area (Å²) in [5.41, 5.74) is 0.948. The number of aromatic amines is 1. The van der Waals surface area contributed by atoms with Crippen molar-refractivity contribution in [3.05, 3.63) is 48.3 Å². The van der Waals surface area contributed by atoms with Crippen LogP contribution < -0.4 is 10.6 Å². The van der Waals surface area contributed by atoms with Crippen molar-refractivity contribution in [2.24, 2.45) is 0 Å². The molecule has 1 aromatic heterocycles. The number of benzene rings is 1. The molecule has 0 bridgehead atoms. The van der Waals surface area contributed by atoms with Crippen LogP contribution in [-0.4, -0.2) is 33.1 Å². The van der Waals surface area contributed by atoms with Gasteiger partial charge in [0.25, 0.3) is 0 Å². The third-order valence-electron chi connectivity index (χ3n) is 2.68. The number of nitrogens with one attached hydrogen (secondary N) is 3. The zero-order valence-electron chi connectivity index (χ0n) is 10.8. The number of urea groups is 1. The lowest BCUT2D eigenvalue weighted by atomic mass is 10.2. The summed E-state index contributed by atoms with van der Waals surface area (Å²) in [6.07, 6.45) is 2.98. The molecule has 1 heterocycles. The SMILES string of the molecule is O=C(Nc1ccc(F)cc1)NC(Cc1cnc[nH]1)C(=O)O. The molecule has 1 atom stereocenters. The fourth-order valence-electron chi connectivity index (χ4n) is 1.67. The number of hydrogen-bond acceptors (Lipinski definition) is 3. The van der Waals surface area contributed by atoms with Gasteiger partial charge in [0, 0.05) is 24.0 Å². The van der Waals surface area contributed by atoms with Crippen LogP contribution in [0.2, 0.25) is 0 Å². The number of carboxylic acid groups (broad SMARTS) is 1. The lowest BCUT2D eigenvalue weighted by molar-refractivity contribution is -0.139. The van der Waals surface area contributed by atoms with E-state index in [1.165, 1.54) is 36.8 Å². The van der Waals surface area contributed by atoms with E-state index in [9.17, 15) is 14.0 Å². The minimum atomic E-state index is -1.17. The highest BCUT2D eigenvalue weighted by molar-refractivity contribution is 5.92. The molecular formula is C13H13FN4O3. The standard InChI is InChI=1S/C13H13FN4O3/c14-8-1-3-9(4-2-8)17-13(21)18-11(12(19)20)5-10-6-15-7-16-10/h1-4,6-7,11H,5H2,(H,15,16)(H,19,20)(H2,17,18,21). The first-order valence-electron chi connectivity index (χ1n) is 6.08. The first-order chi connectivity index (χ1) is 10.0. The van der Waals surface area contributed by atoms with E-state index in [2.05, 4.69) is 20.6 Å². The lowest BCUT2D eigenvalue weighted by Crippen LogP contribution is -2.44. The zero-order valence-corrected chi connectivity index (χ0v) is 10.8. The average molecular weight is 292 g/mol. The molecule has 21 heavy (non-hydrogen) atoms. The number of hydrogen-bond donors (Lipinski definition) is 4. The molecule has 0 fully saturated rings. The first kappa shape index (κ1) is 14.5. The van der Waals surface area contributed by atoms with Gasteiger partial charge in [0.1, 0.15) is 11.9 Å². The molecule has 0 aliphatic heterocycles. The number of amides is 2. The van der Waals surface area contributed by atoms with E-state index < -0.39 is 23.9 Å². The van der Waals surface area contributed by atoms with Gasteiger partial charge in [-0.3, -0.25) is 0 Å². The van der Waals surface area contributed by atoms with Crippen molar-refractivity contribution < 1.29 is 19.1 Å². The number of anilines is 1. The average Bonchev–Trinajstić information content (AvgIpc) is 2.93. The Hall–Kier alpha value is -2.90. The van der Waals surface area contributed by atoms with Crippen LogP contribution in [-0.2, 0) is 11.2 Å². The van der Waals surface area contributed by atoms with Crippen LogP contribution in [0.25, 0.3) is 0 Å². The largest absolute Gasteiger partial charge is 0.480 e. The van der Waals surface area contributed by atoms with Gasteiger partial charge < -0.3 is 20.7 Å². The van der Waals surface area contributed by atoms with E-state index in [-0.39, 0.29) is 6.42 Å². The zero-order chi connectivity index (χ0) is 15.2. The summed E-state index contributed by atoms with van der Waals surface area (Å²) in [4.78, 5) is 29.4. The smallest absolute Gasteiger partial charge is 0.326 e. The number of nitrogens with zero attached hydrogens (tertiary/aromatic N) is 1. The van der Waals surface area contributed by atoms with Crippen LogP contribution >= 0.6 is 0 Å². The monoisotopic (exact) mass is 292 g/mol. The van der Waals surface area contributed by atoms with Crippen molar-refractivity contribution in [3.63, 3.8) is 0 Å². The number of carbonyl (C=O) groups is 2. The van der Waals surface area contributed by atoms with Crippen molar-refractivity contribution in [1.82, 2.24) is 15.3 Å². The second-order valence-corrected chi connectivity index (χ2v) is 4.28. The van der Waals surface area contributed by atoms with Gasteiger partial charge in [-0.1, -0.05) is 0 Å². The highest BCUT2D eigenvalue weighted by Gasteiger charge is 2.21. The molecule has 1 aromatic carbocycles. The summed E-state index contributed by atoms with van der Waals surface area (Å²) < 4.78 is 12.7. The summed E-state index contributed by atoms with van der Waals surface area (Å²) in [6.45, 7) is 0. The molecule has 2 aromatic rings. The summed E-state index contributed by atoms with van der Waals surface area (Å²) in [7, 11) is 0. The maximum absolute atomic E-state index is 12.7. The Kier molecular flexibility index (Phi) is 4.50. The Bertz CT molecular complexity index is 613. The van der Waals surface area contributed by atoms with E-state index in [0.717, 1.165) is 0 Å². The van der Waals surface area contributed by atoms with Crippen molar-refractivity contribution in [2.75, 3.05) is 5.32 Å². The number of aliphatic carboxylic acids is 1. The molecular weight excluding hydrogens is 279 g/mol. The molecule has 2 rings (SSSR count). The van der Waals surface area contributed by atoms with Gasteiger partial charge in [-0.15, -0.1) is 0 Å². The molecule has 0 saturated carbocycles. The highest BCUT2D eigenvalue weighted by Crippen LogP contribution is 2.08. The molecule has 0 radical (unpaired) electrons. The topological polar surface area (TPSA) is 107 Å². The van der Waals surface area contributed by atoms with Gasteiger partial charge in [-0.2, -0.15) is 0 Å². The minimum Gasteiger partial charge on any atom is -0.480 e. The van der Waals surface area contributed by atoms with Crippen LogP contribution in [0, 0.1) is 5.82 Å². The quantitative estimate of drug-likeness (QED) is 0.667. The Morgan fingerprint density at radius 3 is 2.62 bits per heavy atom. The second-order valence-electron chi connectivity index (χ2n) is 4.28. The first-order valence-corrected chi connectivity index (χ1v) is 6.08.